The van der Waals surface area contributed by atoms with Crippen LogP contribution in [0, 0.1) is 24.2 Å². The molecule has 2 aliphatic heterocycles. The van der Waals surface area contributed by atoms with Gasteiger partial charge in [0.2, 0.25) is 0 Å². The Labute approximate surface area is 311 Å². The molecule has 0 radical (unpaired) electrons. The SMILES string of the molecule is CC/C=C(/C)C(C)CCC(=O)CC.CC=O.CCC(C)C(=O)c1cc(N2CCN(CCC3(C)CCN(C(=O)OC(C)(C)C)CC3)CC2)ccc1C. The molecule has 2 aliphatic rings. The van der Waals surface area contributed by atoms with Crippen LogP contribution in [-0.4, -0.2) is 85.2 Å². The lowest BCUT2D eigenvalue weighted by molar-refractivity contribution is -0.119. The number of ketones is 2. The first-order chi connectivity index (χ1) is 23.9. The van der Waals surface area contributed by atoms with E-state index in [9.17, 15) is 14.4 Å². The number of aldehydes is 1. The van der Waals surface area contributed by atoms with Crippen molar-refractivity contribution in [2.24, 2.45) is 17.3 Å². The van der Waals surface area contributed by atoms with Crippen LogP contribution in [0.5, 0.6) is 0 Å². The lowest BCUT2D eigenvalue weighted by Gasteiger charge is -2.42. The molecule has 0 N–H and O–H groups in total. The van der Waals surface area contributed by atoms with Crippen molar-refractivity contribution in [2.75, 3.05) is 50.7 Å². The number of carbonyl (C=O) groups excluding carboxylic acids is 4. The monoisotopic (exact) mass is 712 g/mol. The Morgan fingerprint density at radius 1 is 0.961 bits per heavy atom. The van der Waals surface area contributed by atoms with Crippen molar-refractivity contribution in [3.8, 4) is 0 Å². The Balaban J connectivity index is 0.000000681. The zero-order valence-corrected chi connectivity index (χ0v) is 34.5. The predicted octanol–water partition coefficient (Wildman–Crippen LogP) is 9.72. The van der Waals surface area contributed by atoms with E-state index in [2.05, 4.69) is 68.7 Å². The van der Waals surface area contributed by atoms with Crippen LogP contribution in [0.15, 0.2) is 29.8 Å². The Morgan fingerprint density at radius 2 is 1.55 bits per heavy atom. The van der Waals surface area contributed by atoms with E-state index in [0.717, 1.165) is 108 Å². The van der Waals surface area contributed by atoms with Gasteiger partial charge in [-0.2, -0.15) is 0 Å². The van der Waals surface area contributed by atoms with E-state index in [4.69, 9.17) is 9.53 Å². The van der Waals surface area contributed by atoms with E-state index in [1.165, 1.54) is 18.2 Å². The highest BCUT2D eigenvalue weighted by atomic mass is 16.6. The fourth-order valence-electron chi connectivity index (χ4n) is 6.29. The molecule has 8 nitrogen and oxygen atoms in total. The molecule has 51 heavy (non-hydrogen) atoms. The third kappa shape index (κ3) is 16.9. The summed E-state index contributed by atoms with van der Waals surface area (Å²) in [7, 11) is 0. The van der Waals surface area contributed by atoms with Gasteiger partial charge < -0.3 is 19.3 Å². The molecule has 0 spiro atoms. The van der Waals surface area contributed by atoms with Crippen LogP contribution in [0.1, 0.15) is 143 Å². The number of hydrogen-bond donors (Lipinski definition) is 0. The van der Waals surface area contributed by atoms with E-state index < -0.39 is 5.60 Å². The number of Topliss-reactive ketones (excluding diaryl/α,β-unsaturated/α-hetero) is 2. The summed E-state index contributed by atoms with van der Waals surface area (Å²) >= 11 is 0. The van der Waals surface area contributed by atoms with E-state index in [1.54, 1.807) is 0 Å². The molecule has 2 saturated heterocycles. The highest BCUT2D eigenvalue weighted by Crippen LogP contribution is 2.35. The molecular weight excluding hydrogens is 638 g/mol. The zero-order valence-electron chi connectivity index (χ0n) is 34.5. The number of benzene rings is 1. The number of hydrogen-bond acceptors (Lipinski definition) is 7. The number of piperidine rings is 1. The number of piperazine rings is 1. The molecular formula is C43H73N3O5. The molecule has 2 fully saturated rings. The Hall–Kier alpha value is -3.00. The first-order valence-corrected chi connectivity index (χ1v) is 19.6. The summed E-state index contributed by atoms with van der Waals surface area (Å²) in [4.78, 5) is 51.9. The second-order valence-electron chi connectivity index (χ2n) is 16.0. The summed E-state index contributed by atoms with van der Waals surface area (Å²) in [6.07, 6.45) is 10.4. The van der Waals surface area contributed by atoms with Crippen molar-refractivity contribution in [2.45, 2.75) is 140 Å². The van der Waals surface area contributed by atoms with Crippen molar-refractivity contribution in [3.63, 3.8) is 0 Å². The fourth-order valence-corrected chi connectivity index (χ4v) is 6.29. The Kier molecular flexibility index (Phi) is 20.6. The topological polar surface area (TPSA) is 87.2 Å². The number of ether oxygens (including phenoxy) is 1. The van der Waals surface area contributed by atoms with Crippen LogP contribution in [-0.2, 0) is 14.3 Å². The van der Waals surface area contributed by atoms with Gasteiger partial charge in [-0.3, -0.25) is 14.5 Å². The first kappa shape index (κ1) is 46.0. The number of likely N-dealkylation sites (tertiary alicyclic amines) is 1. The molecule has 2 atom stereocenters. The second kappa shape index (κ2) is 22.8. The van der Waals surface area contributed by atoms with Crippen LogP contribution in [0.2, 0.25) is 0 Å². The summed E-state index contributed by atoms with van der Waals surface area (Å²) in [6.45, 7) is 30.9. The second-order valence-corrected chi connectivity index (χ2v) is 16.0. The van der Waals surface area contributed by atoms with Gasteiger partial charge in [0.25, 0.3) is 0 Å². The summed E-state index contributed by atoms with van der Waals surface area (Å²) in [5.74, 6) is 1.28. The van der Waals surface area contributed by atoms with Crippen LogP contribution in [0.25, 0.3) is 0 Å². The van der Waals surface area contributed by atoms with Crippen LogP contribution in [0.4, 0.5) is 10.5 Å². The molecule has 2 heterocycles. The molecule has 0 aliphatic carbocycles. The number of nitrogens with zero attached hydrogens (tertiary/aromatic N) is 3. The van der Waals surface area contributed by atoms with Gasteiger partial charge in [-0.15, -0.1) is 0 Å². The van der Waals surface area contributed by atoms with E-state index in [-0.39, 0.29) is 23.2 Å². The van der Waals surface area contributed by atoms with Gasteiger partial charge in [-0.1, -0.05) is 59.3 Å². The standard InChI is InChI=1S/C29H47N3O3.C12H22O.C2H4O/c1-8-22(2)26(33)25-21-24(10-9-23(25)3)31-19-17-30(18-20-31)14-11-29(7)12-15-32(16-13-29)27(34)35-28(4,5)6;1-5-7-10(3)11(4)8-9-12(13)6-2;1-2-3/h9-10,21-22H,8,11-20H2,1-7H3;7,11H,5-6,8-9H2,1-4H3;2H,1H3/b;10-7-;. The molecule has 0 bridgehead atoms. The van der Waals surface area contributed by atoms with Crippen LogP contribution < -0.4 is 4.90 Å². The highest BCUT2D eigenvalue weighted by Gasteiger charge is 2.34. The van der Waals surface area contributed by atoms with Crippen LogP contribution in [0.3, 0.4) is 0 Å². The quantitative estimate of drug-likeness (QED) is 0.114. The van der Waals surface area contributed by atoms with Crippen molar-refractivity contribution in [1.29, 1.82) is 0 Å². The van der Waals surface area contributed by atoms with Gasteiger partial charge in [0.1, 0.15) is 17.7 Å². The van der Waals surface area contributed by atoms with E-state index in [0.29, 0.717) is 18.1 Å². The number of amides is 1. The molecule has 1 aromatic carbocycles. The third-order valence-electron chi connectivity index (χ3n) is 10.5. The lowest BCUT2D eigenvalue weighted by atomic mass is 9.77. The Bertz CT molecular complexity index is 1250. The van der Waals surface area contributed by atoms with Crippen molar-refractivity contribution >= 4 is 29.6 Å². The summed E-state index contributed by atoms with van der Waals surface area (Å²) in [5, 5.41) is 0. The predicted molar refractivity (Wildman–Crippen MR) is 213 cm³/mol. The molecule has 290 valence electrons. The van der Waals surface area contributed by atoms with Gasteiger partial charge in [0.05, 0.1) is 0 Å². The molecule has 3 rings (SSSR count). The van der Waals surface area contributed by atoms with Crippen molar-refractivity contribution in [3.05, 3.63) is 41.0 Å². The maximum absolute atomic E-state index is 12.8. The maximum Gasteiger partial charge on any atom is 0.410 e. The van der Waals surface area contributed by atoms with Crippen LogP contribution >= 0.6 is 0 Å². The number of anilines is 1. The smallest absolute Gasteiger partial charge is 0.410 e. The third-order valence-corrected chi connectivity index (χ3v) is 10.5. The van der Waals surface area contributed by atoms with E-state index >= 15 is 0 Å². The number of aryl methyl sites for hydroxylation is 1. The number of carbonyl (C=O) groups is 4. The molecule has 2 unspecified atom stereocenters. The molecule has 1 amide bonds. The normalized spacial score (nSPS) is 17.6. The first-order valence-electron chi connectivity index (χ1n) is 19.6. The molecule has 8 heteroatoms. The maximum atomic E-state index is 12.8. The van der Waals surface area contributed by atoms with Gasteiger partial charge >= 0.3 is 6.09 Å². The van der Waals surface area contributed by atoms with Crippen molar-refractivity contribution in [1.82, 2.24) is 9.80 Å². The Morgan fingerprint density at radius 3 is 2.06 bits per heavy atom. The minimum absolute atomic E-state index is 0.0677. The molecule has 1 aromatic rings. The average molecular weight is 712 g/mol. The molecule has 0 aromatic heterocycles. The molecule has 0 saturated carbocycles. The average Bonchev–Trinajstić information content (AvgIpc) is 3.09. The minimum atomic E-state index is -0.441. The van der Waals surface area contributed by atoms with Gasteiger partial charge in [0, 0.05) is 69.3 Å². The lowest BCUT2D eigenvalue weighted by Crippen LogP contribution is -2.48. The zero-order chi connectivity index (χ0) is 38.8. The summed E-state index contributed by atoms with van der Waals surface area (Å²) in [5.41, 5.74) is 4.38. The fraction of sp³-hybridized carbons (Fsp3) is 0.721. The van der Waals surface area contributed by atoms with Gasteiger partial charge in [-0.25, -0.2) is 4.79 Å². The largest absolute Gasteiger partial charge is 0.444 e. The summed E-state index contributed by atoms with van der Waals surface area (Å²) in [6, 6.07) is 6.37. The number of allylic oxidation sites excluding steroid dienone is 2. The highest BCUT2D eigenvalue weighted by molar-refractivity contribution is 5.99. The minimum Gasteiger partial charge on any atom is -0.444 e. The van der Waals surface area contributed by atoms with Gasteiger partial charge in [0.15, 0.2) is 5.78 Å². The van der Waals surface area contributed by atoms with Gasteiger partial charge in [-0.05, 0) is 116 Å². The van der Waals surface area contributed by atoms with E-state index in [1.807, 2.05) is 46.4 Å². The summed E-state index contributed by atoms with van der Waals surface area (Å²) < 4.78 is 5.55. The van der Waals surface area contributed by atoms with Crippen molar-refractivity contribution < 1.29 is 23.9 Å². The number of rotatable bonds is 13.